The van der Waals surface area contributed by atoms with Gasteiger partial charge in [-0.25, -0.2) is 0 Å². The van der Waals surface area contributed by atoms with Crippen molar-refractivity contribution in [3.63, 3.8) is 0 Å². The van der Waals surface area contributed by atoms with E-state index in [4.69, 9.17) is 0 Å². The van der Waals surface area contributed by atoms with E-state index < -0.39 is 0 Å². The fourth-order valence-corrected chi connectivity index (χ4v) is 1.82. The van der Waals surface area contributed by atoms with Crippen molar-refractivity contribution < 1.29 is 9.59 Å². The van der Waals surface area contributed by atoms with Crippen molar-refractivity contribution in [3.05, 3.63) is 0 Å². The molecule has 0 rings (SSSR count). The molecule has 1 unspecified atom stereocenters. The molecule has 0 fully saturated rings. The van der Waals surface area contributed by atoms with Crippen LogP contribution in [0.1, 0.15) is 34.6 Å². The highest BCUT2D eigenvalue weighted by atomic mass is 32.2. The first-order valence-electron chi connectivity index (χ1n) is 4.64. The van der Waals surface area contributed by atoms with Gasteiger partial charge in [-0.05, 0) is 6.92 Å². The highest BCUT2D eigenvalue weighted by molar-refractivity contribution is 8.00. The topological polar surface area (TPSA) is 46.2 Å². The molecule has 4 heteroatoms. The molecule has 0 aliphatic heterocycles. The van der Waals surface area contributed by atoms with Crippen LogP contribution in [-0.4, -0.2) is 28.2 Å². The van der Waals surface area contributed by atoms with Gasteiger partial charge in [-0.15, -0.1) is 0 Å². The Bertz CT molecular complexity index is 221. The average molecular weight is 217 g/mol. The van der Waals surface area contributed by atoms with Crippen LogP contribution in [0.3, 0.4) is 0 Å². The molecule has 3 nitrogen and oxygen atoms in total. The SMILES string of the molecule is CC(=O)NC(CSC(C)(C)C)C(C)=O. The number of hydrogen-bond donors (Lipinski definition) is 1. The lowest BCUT2D eigenvalue weighted by molar-refractivity contribution is -0.125. The summed E-state index contributed by atoms with van der Waals surface area (Å²) in [7, 11) is 0. The zero-order chi connectivity index (χ0) is 11.4. The van der Waals surface area contributed by atoms with Crippen molar-refractivity contribution in [3.8, 4) is 0 Å². The minimum atomic E-state index is -0.350. The normalized spacial score (nSPS) is 13.5. The maximum atomic E-state index is 11.2. The summed E-state index contributed by atoms with van der Waals surface area (Å²) in [4.78, 5) is 22.0. The van der Waals surface area contributed by atoms with Crippen LogP contribution in [0.15, 0.2) is 0 Å². The average Bonchev–Trinajstić information content (AvgIpc) is 1.94. The molecule has 0 saturated heterocycles. The molecule has 0 bridgehead atoms. The molecule has 1 N–H and O–H groups in total. The number of rotatable bonds is 4. The predicted molar refractivity (Wildman–Crippen MR) is 60.5 cm³/mol. The van der Waals surface area contributed by atoms with Gasteiger partial charge in [-0.1, -0.05) is 20.8 Å². The van der Waals surface area contributed by atoms with Crippen molar-refractivity contribution in [2.75, 3.05) is 5.75 Å². The molecule has 0 radical (unpaired) electrons. The third-order valence-electron chi connectivity index (χ3n) is 1.55. The molecular weight excluding hydrogens is 198 g/mol. The molecule has 0 aliphatic carbocycles. The van der Waals surface area contributed by atoms with Crippen molar-refractivity contribution in [2.45, 2.75) is 45.4 Å². The summed E-state index contributed by atoms with van der Waals surface area (Å²) in [5, 5.41) is 2.64. The van der Waals surface area contributed by atoms with Crippen LogP contribution in [0.2, 0.25) is 0 Å². The van der Waals surface area contributed by atoms with Crippen LogP contribution >= 0.6 is 11.8 Å². The highest BCUT2D eigenvalue weighted by Crippen LogP contribution is 2.23. The number of hydrogen-bond acceptors (Lipinski definition) is 3. The Balaban J connectivity index is 4.11. The van der Waals surface area contributed by atoms with E-state index in [1.165, 1.54) is 13.8 Å². The number of carbonyl (C=O) groups is 2. The van der Waals surface area contributed by atoms with Gasteiger partial charge in [0.1, 0.15) is 0 Å². The Morgan fingerprint density at radius 1 is 1.29 bits per heavy atom. The number of carbonyl (C=O) groups excluding carboxylic acids is 2. The Labute approximate surface area is 90.0 Å². The van der Waals surface area contributed by atoms with Gasteiger partial charge in [0, 0.05) is 17.4 Å². The van der Waals surface area contributed by atoms with E-state index in [9.17, 15) is 9.59 Å². The van der Waals surface area contributed by atoms with E-state index in [-0.39, 0.29) is 22.5 Å². The minimum absolute atomic E-state index is 0.0111. The lowest BCUT2D eigenvalue weighted by atomic mass is 10.2. The molecule has 0 saturated carbocycles. The van der Waals surface area contributed by atoms with Gasteiger partial charge in [-0.2, -0.15) is 11.8 Å². The second-order valence-electron chi connectivity index (χ2n) is 4.29. The van der Waals surface area contributed by atoms with E-state index in [0.29, 0.717) is 5.75 Å². The number of thioether (sulfide) groups is 1. The van der Waals surface area contributed by atoms with Gasteiger partial charge >= 0.3 is 0 Å². The molecule has 14 heavy (non-hydrogen) atoms. The van der Waals surface area contributed by atoms with Crippen LogP contribution in [0.4, 0.5) is 0 Å². The second-order valence-corrected chi connectivity index (χ2v) is 6.13. The number of ketones is 1. The Morgan fingerprint density at radius 3 is 2.07 bits per heavy atom. The fraction of sp³-hybridized carbons (Fsp3) is 0.800. The molecule has 0 heterocycles. The molecule has 1 atom stereocenters. The van der Waals surface area contributed by atoms with Crippen LogP contribution in [0.5, 0.6) is 0 Å². The van der Waals surface area contributed by atoms with E-state index >= 15 is 0 Å². The largest absolute Gasteiger partial charge is 0.346 e. The highest BCUT2D eigenvalue weighted by Gasteiger charge is 2.19. The lowest BCUT2D eigenvalue weighted by Gasteiger charge is -2.21. The third kappa shape index (κ3) is 6.95. The fourth-order valence-electron chi connectivity index (χ4n) is 0.839. The second kappa shape index (κ2) is 5.39. The minimum Gasteiger partial charge on any atom is -0.346 e. The summed E-state index contributed by atoms with van der Waals surface area (Å²) < 4.78 is 0.117. The molecule has 0 aliphatic rings. The van der Waals surface area contributed by atoms with E-state index in [2.05, 4.69) is 26.1 Å². The summed E-state index contributed by atoms with van der Waals surface area (Å²) in [6.45, 7) is 9.19. The van der Waals surface area contributed by atoms with Crippen LogP contribution in [-0.2, 0) is 9.59 Å². The summed E-state index contributed by atoms with van der Waals surface area (Å²) in [5.74, 6) is 0.495. The standard InChI is InChI=1S/C10H19NO2S/c1-7(12)9(11-8(2)13)6-14-10(3,4)5/h9H,6H2,1-5H3,(H,11,13). The molecule has 0 spiro atoms. The zero-order valence-corrected chi connectivity index (χ0v) is 10.3. The van der Waals surface area contributed by atoms with Crippen LogP contribution < -0.4 is 5.32 Å². The van der Waals surface area contributed by atoms with E-state index in [0.717, 1.165) is 0 Å². The summed E-state index contributed by atoms with van der Waals surface area (Å²) in [6.07, 6.45) is 0. The Kier molecular flexibility index (Phi) is 5.19. The third-order valence-corrected chi connectivity index (χ3v) is 2.92. The quantitative estimate of drug-likeness (QED) is 0.778. The first-order chi connectivity index (χ1) is 6.22. The molecule has 0 aromatic carbocycles. The molecule has 0 aromatic rings. The predicted octanol–water partition coefficient (Wildman–Crippen LogP) is 1.61. The summed E-state index contributed by atoms with van der Waals surface area (Å²) in [6, 6.07) is -0.350. The van der Waals surface area contributed by atoms with E-state index in [1.54, 1.807) is 11.8 Å². The molecule has 1 amide bonds. The lowest BCUT2D eigenvalue weighted by Crippen LogP contribution is -2.41. The zero-order valence-electron chi connectivity index (χ0n) is 9.51. The number of nitrogens with one attached hydrogen (secondary N) is 1. The van der Waals surface area contributed by atoms with Gasteiger partial charge in [0.15, 0.2) is 5.78 Å². The number of amides is 1. The molecular formula is C10H19NO2S. The van der Waals surface area contributed by atoms with Crippen LogP contribution in [0, 0.1) is 0 Å². The summed E-state index contributed by atoms with van der Waals surface area (Å²) >= 11 is 1.68. The first kappa shape index (κ1) is 13.5. The van der Waals surface area contributed by atoms with Crippen molar-refractivity contribution >= 4 is 23.5 Å². The van der Waals surface area contributed by atoms with Gasteiger partial charge in [-0.3, -0.25) is 9.59 Å². The monoisotopic (exact) mass is 217 g/mol. The van der Waals surface area contributed by atoms with Gasteiger partial charge < -0.3 is 5.32 Å². The van der Waals surface area contributed by atoms with Crippen molar-refractivity contribution in [1.82, 2.24) is 5.32 Å². The van der Waals surface area contributed by atoms with Crippen molar-refractivity contribution in [2.24, 2.45) is 0 Å². The van der Waals surface area contributed by atoms with E-state index in [1.807, 2.05) is 0 Å². The van der Waals surface area contributed by atoms with Crippen molar-refractivity contribution in [1.29, 1.82) is 0 Å². The Hall–Kier alpha value is -0.510. The first-order valence-corrected chi connectivity index (χ1v) is 5.62. The van der Waals surface area contributed by atoms with Gasteiger partial charge in [0.2, 0.25) is 5.91 Å². The maximum absolute atomic E-state index is 11.2. The van der Waals surface area contributed by atoms with Crippen LogP contribution in [0.25, 0.3) is 0 Å². The maximum Gasteiger partial charge on any atom is 0.217 e. The molecule has 82 valence electrons. The summed E-state index contributed by atoms with van der Waals surface area (Å²) in [5.41, 5.74) is 0. The van der Waals surface area contributed by atoms with Gasteiger partial charge in [0.05, 0.1) is 6.04 Å². The van der Waals surface area contributed by atoms with Gasteiger partial charge in [0.25, 0.3) is 0 Å². The Morgan fingerprint density at radius 2 is 1.79 bits per heavy atom. The molecule has 0 aromatic heterocycles. The number of Topliss-reactive ketones (excluding diaryl/α,β-unsaturated/α-hetero) is 1. The smallest absolute Gasteiger partial charge is 0.217 e.